The number of hydrogen-bond acceptors (Lipinski definition) is 1. The Morgan fingerprint density at radius 1 is 1.56 bits per heavy atom. The second-order valence-electron chi connectivity index (χ2n) is 3.49. The molecule has 0 heterocycles. The molecule has 1 amide bonds. The Balaban J connectivity index is 2.95. The SMILES string of the molecule is C#CCN(CC)C(=O)c1ccc(C)c(F)c1. The third-order valence-electron chi connectivity index (χ3n) is 2.37. The highest BCUT2D eigenvalue weighted by Gasteiger charge is 2.14. The standard InChI is InChI=1S/C13H14FNO/c1-4-8-15(5-2)13(16)11-7-6-10(3)12(14)9-11/h1,6-7,9H,5,8H2,2-3H3. The minimum absolute atomic E-state index is 0.237. The van der Waals surface area contributed by atoms with Crippen LogP contribution >= 0.6 is 0 Å². The van der Waals surface area contributed by atoms with Crippen molar-refractivity contribution in [3.05, 3.63) is 35.1 Å². The minimum atomic E-state index is -0.373. The van der Waals surface area contributed by atoms with Gasteiger partial charge in [-0.2, -0.15) is 0 Å². The van der Waals surface area contributed by atoms with Crippen LogP contribution in [-0.2, 0) is 0 Å². The number of halogens is 1. The van der Waals surface area contributed by atoms with Gasteiger partial charge in [0.1, 0.15) is 5.82 Å². The second-order valence-corrected chi connectivity index (χ2v) is 3.49. The summed E-state index contributed by atoms with van der Waals surface area (Å²) in [7, 11) is 0. The highest BCUT2D eigenvalue weighted by molar-refractivity contribution is 5.94. The molecular formula is C13H14FNO. The molecule has 0 fully saturated rings. The number of terminal acetylenes is 1. The summed E-state index contributed by atoms with van der Waals surface area (Å²) in [4.78, 5) is 13.4. The van der Waals surface area contributed by atoms with E-state index in [1.54, 1.807) is 19.1 Å². The van der Waals surface area contributed by atoms with Gasteiger partial charge < -0.3 is 4.90 Å². The summed E-state index contributed by atoms with van der Waals surface area (Å²) in [6.45, 7) is 4.24. The highest BCUT2D eigenvalue weighted by Crippen LogP contribution is 2.11. The normalized spacial score (nSPS) is 9.62. The average molecular weight is 219 g/mol. The van der Waals surface area contributed by atoms with Gasteiger partial charge in [-0.25, -0.2) is 4.39 Å². The first-order chi connectivity index (χ1) is 7.60. The van der Waals surface area contributed by atoms with E-state index in [2.05, 4.69) is 5.92 Å². The predicted octanol–water partition coefficient (Wildman–Crippen LogP) is 2.23. The van der Waals surface area contributed by atoms with Crippen molar-refractivity contribution in [2.24, 2.45) is 0 Å². The molecule has 1 aromatic carbocycles. The van der Waals surface area contributed by atoms with Crippen molar-refractivity contribution in [1.29, 1.82) is 0 Å². The van der Waals surface area contributed by atoms with Crippen LogP contribution in [0, 0.1) is 25.1 Å². The van der Waals surface area contributed by atoms with Gasteiger partial charge in [-0.3, -0.25) is 4.79 Å². The van der Waals surface area contributed by atoms with Crippen LogP contribution in [-0.4, -0.2) is 23.9 Å². The molecule has 84 valence electrons. The third kappa shape index (κ3) is 2.60. The lowest BCUT2D eigenvalue weighted by molar-refractivity contribution is 0.0784. The number of carbonyl (C=O) groups excluding carboxylic acids is 1. The molecule has 3 heteroatoms. The minimum Gasteiger partial charge on any atom is -0.328 e. The lowest BCUT2D eigenvalue weighted by Crippen LogP contribution is -2.31. The zero-order valence-electron chi connectivity index (χ0n) is 9.46. The fourth-order valence-corrected chi connectivity index (χ4v) is 1.35. The maximum absolute atomic E-state index is 13.3. The summed E-state index contributed by atoms with van der Waals surface area (Å²) >= 11 is 0. The van der Waals surface area contributed by atoms with Gasteiger partial charge in [-0.15, -0.1) is 6.42 Å². The van der Waals surface area contributed by atoms with Crippen molar-refractivity contribution >= 4 is 5.91 Å². The topological polar surface area (TPSA) is 20.3 Å². The van der Waals surface area contributed by atoms with Crippen LogP contribution in [0.3, 0.4) is 0 Å². The van der Waals surface area contributed by atoms with Crippen molar-refractivity contribution in [2.75, 3.05) is 13.1 Å². The van der Waals surface area contributed by atoms with Crippen molar-refractivity contribution < 1.29 is 9.18 Å². The molecule has 0 aliphatic rings. The average Bonchev–Trinajstić information content (AvgIpc) is 2.28. The number of nitrogens with zero attached hydrogens (tertiary/aromatic N) is 1. The van der Waals surface area contributed by atoms with Gasteiger partial charge in [0.05, 0.1) is 6.54 Å². The summed E-state index contributed by atoms with van der Waals surface area (Å²) < 4.78 is 13.3. The summed E-state index contributed by atoms with van der Waals surface area (Å²) in [5, 5.41) is 0. The molecule has 2 nitrogen and oxygen atoms in total. The molecule has 0 saturated heterocycles. The quantitative estimate of drug-likeness (QED) is 0.714. The Bertz CT molecular complexity index is 434. The number of benzene rings is 1. The van der Waals surface area contributed by atoms with Gasteiger partial charge in [0, 0.05) is 12.1 Å². The van der Waals surface area contributed by atoms with E-state index in [-0.39, 0.29) is 18.3 Å². The largest absolute Gasteiger partial charge is 0.328 e. The zero-order chi connectivity index (χ0) is 12.1. The summed E-state index contributed by atoms with van der Waals surface area (Å²) in [5.74, 6) is 1.80. The lowest BCUT2D eigenvalue weighted by atomic mass is 10.1. The smallest absolute Gasteiger partial charge is 0.254 e. The van der Waals surface area contributed by atoms with Crippen LogP contribution in [0.4, 0.5) is 4.39 Å². The first kappa shape index (κ1) is 12.3. The molecule has 0 aliphatic heterocycles. The molecule has 1 rings (SSSR count). The highest BCUT2D eigenvalue weighted by atomic mass is 19.1. The van der Waals surface area contributed by atoms with E-state index in [0.29, 0.717) is 17.7 Å². The number of carbonyl (C=O) groups is 1. The van der Waals surface area contributed by atoms with E-state index >= 15 is 0 Å². The molecule has 16 heavy (non-hydrogen) atoms. The van der Waals surface area contributed by atoms with Crippen molar-refractivity contribution in [1.82, 2.24) is 4.90 Å². The molecular weight excluding hydrogens is 205 g/mol. The monoisotopic (exact) mass is 219 g/mol. The molecule has 0 saturated carbocycles. The first-order valence-electron chi connectivity index (χ1n) is 5.09. The van der Waals surface area contributed by atoms with Gasteiger partial charge >= 0.3 is 0 Å². The van der Waals surface area contributed by atoms with E-state index in [9.17, 15) is 9.18 Å². The van der Waals surface area contributed by atoms with E-state index in [1.165, 1.54) is 11.0 Å². The van der Waals surface area contributed by atoms with Crippen LogP contribution < -0.4 is 0 Å². The fraction of sp³-hybridized carbons (Fsp3) is 0.308. The maximum Gasteiger partial charge on any atom is 0.254 e. The van der Waals surface area contributed by atoms with Crippen LogP contribution in [0.15, 0.2) is 18.2 Å². The number of amides is 1. The Hall–Kier alpha value is -1.82. The molecule has 0 radical (unpaired) electrons. The van der Waals surface area contributed by atoms with Gasteiger partial charge in [-0.1, -0.05) is 12.0 Å². The van der Waals surface area contributed by atoms with Crippen LogP contribution in [0.2, 0.25) is 0 Å². The molecule has 0 bridgehead atoms. The van der Waals surface area contributed by atoms with E-state index < -0.39 is 0 Å². The van der Waals surface area contributed by atoms with Crippen molar-refractivity contribution in [3.63, 3.8) is 0 Å². The molecule has 0 N–H and O–H groups in total. The predicted molar refractivity (Wildman–Crippen MR) is 61.5 cm³/mol. The summed E-state index contributed by atoms with van der Waals surface area (Å²) in [6, 6.07) is 4.45. The van der Waals surface area contributed by atoms with E-state index in [0.717, 1.165) is 0 Å². The Morgan fingerprint density at radius 2 is 2.25 bits per heavy atom. The van der Waals surface area contributed by atoms with Gasteiger partial charge in [0.25, 0.3) is 5.91 Å². The molecule has 0 unspecified atom stereocenters. The summed E-state index contributed by atoms with van der Waals surface area (Å²) in [5.41, 5.74) is 0.858. The van der Waals surface area contributed by atoms with Crippen LogP contribution in [0.5, 0.6) is 0 Å². The maximum atomic E-state index is 13.3. The molecule has 1 aromatic rings. The van der Waals surface area contributed by atoms with Crippen molar-refractivity contribution in [3.8, 4) is 12.3 Å². The Morgan fingerprint density at radius 3 is 2.75 bits per heavy atom. The van der Waals surface area contributed by atoms with E-state index in [1.807, 2.05) is 6.92 Å². The fourth-order valence-electron chi connectivity index (χ4n) is 1.35. The third-order valence-corrected chi connectivity index (χ3v) is 2.37. The summed E-state index contributed by atoms with van der Waals surface area (Å²) in [6.07, 6.45) is 5.16. The number of aryl methyl sites for hydroxylation is 1. The Kier molecular flexibility index (Phi) is 4.07. The molecule has 0 spiro atoms. The van der Waals surface area contributed by atoms with Crippen LogP contribution in [0.1, 0.15) is 22.8 Å². The number of rotatable bonds is 3. The lowest BCUT2D eigenvalue weighted by Gasteiger charge is -2.18. The van der Waals surface area contributed by atoms with Gasteiger partial charge in [0.15, 0.2) is 0 Å². The molecule has 0 atom stereocenters. The molecule has 0 aromatic heterocycles. The number of hydrogen-bond donors (Lipinski definition) is 0. The first-order valence-corrected chi connectivity index (χ1v) is 5.09. The van der Waals surface area contributed by atoms with Gasteiger partial charge in [0.2, 0.25) is 0 Å². The molecule has 0 aliphatic carbocycles. The van der Waals surface area contributed by atoms with E-state index in [4.69, 9.17) is 6.42 Å². The Labute approximate surface area is 95.1 Å². The van der Waals surface area contributed by atoms with Gasteiger partial charge in [-0.05, 0) is 31.5 Å². The second kappa shape index (κ2) is 5.32. The zero-order valence-corrected chi connectivity index (χ0v) is 9.46. The van der Waals surface area contributed by atoms with Crippen molar-refractivity contribution in [2.45, 2.75) is 13.8 Å². The van der Waals surface area contributed by atoms with Crippen LogP contribution in [0.25, 0.3) is 0 Å².